The Morgan fingerprint density at radius 2 is 1.16 bits per heavy atom. The van der Waals surface area contributed by atoms with Crippen LogP contribution in [0.5, 0.6) is 0 Å². The van der Waals surface area contributed by atoms with Crippen molar-refractivity contribution in [2.75, 3.05) is 0 Å². The van der Waals surface area contributed by atoms with E-state index in [1.807, 2.05) is 11.8 Å². The Morgan fingerprint density at radius 3 is 2.07 bits per heavy atom. The molecule has 1 aliphatic heterocycles. The summed E-state index contributed by atoms with van der Waals surface area (Å²) < 4.78 is 0. The molecule has 1 aliphatic carbocycles. The number of benzene rings is 7. The van der Waals surface area contributed by atoms with Crippen LogP contribution in [0.3, 0.4) is 0 Å². The van der Waals surface area contributed by atoms with Gasteiger partial charge in [-0.3, -0.25) is 0 Å². The highest BCUT2D eigenvalue weighted by Crippen LogP contribution is 2.57. The van der Waals surface area contributed by atoms with Gasteiger partial charge in [-0.2, -0.15) is 0 Å². The molecule has 1 atom stereocenters. The van der Waals surface area contributed by atoms with E-state index in [9.17, 15) is 0 Å². The zero-order valence-electron chi connectivity index (χ0n) is 23.8. The third-order valence-corrected chi connectivity index (χ3v) is 10.6. The molecular formula is C42H28S. The average Bonchev–Trinajstić information content (AvgIpc) is 3.38. The predicted octanol–water partition coefficient (Wildman–Crippen LogP) is 11.3. The Balaban J connectivity index is 1.26. The molecule has 1 heterocycles. The van der Waals surface area contributed by atoms with Gasteiger partial charge < -0.3 is 0 Å². The molecule has 0 bridgehead atoms. The van der Waals surface area contributed by atoms with Crippen molar-refractivity contribution in [3.05, 3.63) is 179 Å². The third-order valence-electron chi connectivity index (χ3n) is 9.46. The molecule has 7 aromatic rings. The molecule has 0 amide bonds. The second kappa shape index (κ2) is 9.33. The molecule has 0 saturated carbocycles. The van der Waals surface area contributed by atoms with Gasteiger partial charge in [0.25, 0.3) is 0 Å². The zero-order chi connectivity index (χ0) is 28.5. The monoisotopic (exact) mass is 564 g/mol. The van der Waals surface area contributed by atoms with Crippen LogP contribution in [0.2, 0.25) is 0 Å². The van der Waals surface area contributed by atoms with Crippen molar-refractivity contribution in [2.45, 2.75) is 22.1 Å². The standard InChI is InChI=1S/C42H28S/c1-27-11-7-20-36-33-18-5-6-21-37(33)42(41(27)36,31-15-3-2-4-16-31)32-17-8-14-29(25-32)30-23-24-34-35-19-9-12-28-13-10-22-38(40(28)35)43-39(34)26-30/h2-26H,1H3. The Morgan fingerprint density at radius 1 is 0.465 bits per heavy atom. The van der Waals surface area contributed by atoms with E-state index in [4.69, 9.17) is 0 Å². The molecular weight excluding hydrogens is 537 g/mol. The first-order valence-corrected chi connectivity index (χ1v) is 15.8. The van der Waals surface area contributed by atoms with Crippen LogP contribution in [0.4, 0.5) is 0 Å². The largest absolute Gasteiger partial charge is 0.0888 e. The van der Waals surface area contributed by atoms with Gasteiger partial charge in [0.2, 0.25) is 0 Å². The van der Waals surface area contributed by atoms with Crippen molar-refractivity contribution in [1.82, 2.24) is 0 Å². The fourth-order valence-electron chi connectivity index (χ4n) is 7.70. The molecule has 1 heteroatoms. The molecule has 0 radical (unpaired) electrons. The van der Waals surface area contributed by atoms with Gasteiger partial charge in [0.1, 0.15) is 0 Å². The minimum absolute atomic E-state index is 0.397. The van der Waals surface area contributed by atoms with Gasteiger partial charge in [0.05, 0.1) is 5.41 Å². The van der Waals surface area contributed by atoms with E-state index in [1.54, 1.807) is 0 Å². The van der Waals surface area contributed by atoms with Crippen LogP contribution in [0.25, 0.3) is 44.2 Å². The van der Waals surface area contributed by atoms with Crippen LogP contribution in [-0.2, 0) is 5.41 Å². The fourth-order valence-corrected chi connectivity index (χ4v) is 8.89. The van der Waals surface area contributed by atoms with Crippen molar-refractivity contribution in [1.29, 1.82) is 0 Å². The quantitative estimate of drug-likeness (QED) is 0.206. The van der Waals surface area contributed by atoms with Crippen LogP contribution >= 0.6 is 11.8 Å². The van der Waals surface area contributed by atoms with Crippen molar-refractivity contribution in [3.63, 3.8) is 0 Å². The topological polar surface area (TPSA) is 0 Å². The lowest BCUT2D eigenvalue weighted by Crippen LogP contribution is -2.29. The van der Waals surface area contributed by atoms with E-state index in [-0.39, 0.29) is 0 Å². The minimum atomic E-state index is -0.397. The van der Waals surface area contributed by atoms with E-state index in [2.05, 4.69) is 159 Å². The van der Waals surface area contributed by atoms with E-state index in [0.29, 0.717) is 0 Å². The Kier molecular flexibility index (Phi) is 5.36. The fraction of sp³-hybridized carbons (Fsp3) is 0.0476. The third kappa shape index (κ3) is 3.46. The SMILES string of the molecule is Cc1cccc2c1C(c1ccccc1)(c1cccc(-c3ccc4c(c3)Sc3cccc5cccc-4c35)c1)c1ccccc1-2. The van der Waals surface area contributed by atoms with Crippen molar-refractivity contribution in [2.24, 2.45) is 0 Å². The van der Waals surface area contributed by atoms with E-state index >= 15 is 0 Å². The number of fused-ring (bicyclic) bond motifs is 5. The Bertz CT molecular complexity index is 2220. The summed E-state index contributed by atoms with van der Waals surface area (Å²) in [5.41, 5.74) is 14.1. The second-order valence-electron chi connectivity index (χ2n) is 11.7. The second-order valence-corrected chi connectivity index (χ2v) is 12.8. The maximum absolute atomic E-state index is 2.44. The molecule has 2 aliphatic rings. The number of aryl methyl sites for hydroxylation is 1. The van der Waals surface area contributed by atoms with Crippen LogP contribution in [0.15, 0.2) is 161 Å². The molecule has 0 saturated heterocycles. The highest BCUT2D eigenvalue weighted by Gasteiger charge is 2.46. The van der Waals surface area contributed by atoms with E-state index in [0.717, 1.165) is 0 Å². The minimum Gasteiger partial charge on any atom is -0.0888 e. The number of rotatable bonds is 3. The average molecular weight is 565 g/mol. The van der Waals surface area contributed by atoms with Gasteiger partial charge in [0, 0.05) is 15.2 Å². The lowest BCUT2D eigenvalue weighted by atomic mass is 9.66. The molecule has 1 unspecified atom stereocenters. The molecule has 0 N–H and O–H groups in total. The molecule has 43 heavy (non-hydrogen) atoms. The first kappa shape index (κ1) is 24.7. The summed E-state index contributed by atoms with van der Waals surface area (Å²) >= 11 is 1.89. The number of hydrogen-bond donors (Lipinski definition) is 0. The van der Waals surface area contributed by atoms with E-state index < -0.39 is 5.41 Å². The lowest BCUT2D eigenvalue weighted by molar-refractivity contribution is 0.762. The molecule has 0 spiro atoms. The summed E-state index contributed by atoms with van der Waals surface area (Å²) in [5, 5.41) is 2.68. The maximum atomic E-state index is 2.44. The van der Waals surface area contributed by atoms with Crippen LogP contribution in [-0.4, -0.2) is 0 Å². The van der Waals surface area contributed by atoms with Gasteiger partial charge in [-0.05, 0) is 91.7 Å². The molecule has 9 rings (SSSR count). The van der Waals surface area contributed by atoms with Crippen LogP contribution < -0.4 is 0 Å². The summed E-state index contributed by atoms with van der Waals surface area (Å²) in [6.07, 6.45) is 0. The highest BCUT2D eigenvalue weighted by molar-refractivity contribution is 7.99. The van der Waals surface area contributed by atoms with Crippen molar-refractivity contribution >= 4 is 22.5 Å². The molecule has 0 fully saturated rings. The lowest BCUT2D eigenvalue weighted by Gasteiger charge is -2.35. The molecule has 7 aromatic carbocycles. The zero-order valence-corrected chi connectivity index (χ0v) is 24.7. The summed E-state index contributed by atoms with van der Waals surface area (Å²) in [6, 6.07) is 56.5. The molecule has 202 valence electrons. The predicted molar refractivity (Wildman–Crippen MR) is 181 cm³/mol. The van der Waals surface area contributed by atoms with E-state index in [1.165, 1.54) is 81.8 Å². The number of hydrogen-bond acceptors (Lipinski definition) is 1. The maximum Gasteiger partial charge on any atom is 0.0716 e. The van der Waals surface area contributed by atoms with Gasteiger partial charge in [-0.25, -0.2) is 0 Å². The summed E-state index contributed by atoms with van der Waals surface area (Å²) in [6.45, 7) is 2.27. The summed E-state index contributed by atoms with van der Waals surface area (Å²) in [7, 11) is 0. The first-order valence-electron chi connectivity index (χ1n) is 14.9. The molecule has 0 aromatic heterocycles. The Labute approximate surface area is 256 Å². The van der Waals surface area contributed by atoms with Gasteiger partial charge in [-0.15, -0.1) is 0 Å². The van der Waals surface area contributed by atoms with Gasteiger partial charge in [-0.1, -0.05) is 145 Å². The smallest absolute Gasteiger partial charge is 0.0716 e. The van der Waals surface area contributed by atoms with Crippen LogP contribution in [0, 0.1) is 6.92 Å². The summed E-state index contributed by atoms with van der Waals surface area (Å²) in [4.78, 5) is 2.66. The Hall–Kier alpha value is -4.85. The highest BCUT2D eigenvalue weighted by atomic mass is 32.2. The normalized spacial score (nSPS) is 16.0. The van der Waals surface area contributed by atoms with Crippen molar-refractivity contribution in [3.8, 4) is 33.4 Å². The first-order chi connectivity index (χ1) is 21.2. The molecule has 0 nitrogen and oxygen atoms in total. The van der Waals surface area contributed by atoms with Gasteiger partial charge in [0.15, 0.2) is 0 Å². The van der Waals surface area contributed by atoms with Crippen molar-refractivity contribution < 1.29 is 0 Å². The van der Waals surface area contributed by atoms with Gasteiger partial charge >= 0.3 is 0 Å². The van der Waals surface area contributed by atoms with Crippen LogP contribution in [0.1, 0.15) is 27.8 Å². The summed E-state index contributed by atoms with van der Waals surface area (Å²) in [5.74, 6) is 0.